The summed E-state index contributed by atoms with van der Waals surface area (Å²) in [6.07, 6.45) is 0. The fourth-order valence-corrected chi connectivity index (χ4v) is 1.08. The van der Waals surface area contributed by atoms with E-state index in [0.29, 0.717) is 0 Å². The van der Waals surface area contributed by atoms with Gasteiger partial charge in [0.2, 0.25) is 0 Å². The Hall–Kier alpha value is -0.120. The second-order valence-corrected chi connectivity index (χ2v) is 2.38. The average molecular weight is 238 g/mol. The molecule has 0 amide bonds. The molecule has 0 nitrogen and oxygen atoms in total. The van der Waals surface area contributed by atoms with Crippen molar-refractivity contribution in [2.45, 2.75) is 4.43 Å². The van der Waals surface area contributed by atoms with Gasteiger partial charge in [0.1, 0.15) is 0 Å². The van der Waals surface area contributed by atoms with Crippen LogP contribution >= 0.6 is 22.6 Å². The highest BCUT2D eigenvalue weighted by Gasteiger charge is 1.81. The number of hydrogen-bond donors (Lipinski definition) is 0. The van der Waals surface area contributed by atoms with Crippen molar-refractivity contribution in [2.24, 2.45) is 0 Å². The molecule has 9 heavy (non-hydrogen) atoms. The first-order valence-corrected chi connectivity index (χ1v) is 4.06. The van der Waals surface area contributed by atoms with E-state index in [-0.39, 0.29) is 4.70 Å². The predicted molar refractivity (Wildman–Crippen MR) is 46.7 cm³/mol. The van der Waals surface area contributed by atoms with Gasteiger partial charge in [-0.1, -0.05) is 52.9 Å². The first kappa shape index (κ1) is 8.88. The third-order valence-corrected chi connectivity index (χ3v) is 1.88. The second kappa shape index (κ2) is 4.73. The van der Waals surface area contributed by atoms with Crippen LogP contribution in [0.4, 0.5) is 4.70 Å². The summed E-state index contributed by atoms with van der Waals surface area (Å²) in [7, 11) is 0. The molecule has 50 valence electrons. The molecule has 0 aliphatic heterocycles. The summed E-state index contributed by atoms with van der Waals surface area (Å²) in [4.78, 5) is 0. The van der Waals surface area contributed by atoms with E-state index in [1.165, 1.54) is 5.56 Å². The molecule has 0 spiro atoms. The molecule has 0 unspecified atom stereocenters. The monoisotopic (exact) mass is 238 g/mol. The summed E-state index contributed by atoms with van der Waals surface area (Å²) in [5.74, 6) is 0. The molecule has 0 atom stereocenters. The van der Waals surface area contributed by atoms with E-state index < -0.39 is 0 Å². The molecule has 1 aromatic carbocycles. The Morgan fingerprint density at radius 3 is 2.00 bits per heavy atom. The van der Waals surface area contributed by atoms with Crippen molar-refractivity contribution in [3.63, 3.8) is 0 Å². The Kier molecular flexibility index (Phi) is 4.67. The minimum atomic E-state index is 0. The Morgan fingerprint density at radius 1 is 1.11 bits per heavy atom. The van der Waals surface area contributed by atoms with Gasteiger partial charge in [-0.2, -0.15) is 0 Å². The van der Waals surface area contributed by atoms with Gasteiger partial charge < -0.3 is 0 Å². The highest BCUT2D eigenvalue weighted by Crippen LogP contribution is 2.02. The Bertz CT molecular complexity index is 150. The Labute approximate surface area is 67.8 Å². The molecule has 0 radical (unpaired) electrons. The molecule has 0 saturated heterocycles. The standard InChI is InChI=1S/C7H7I.FH/c8-6-7-4-2-1-3-5-7;/h1-5H,6H2;1H. The molecule has 0 fully saturated rings. The zero-order valence-corrected chi connectivity index (χ0v) is 7.04. The van der Waals surface area contributed by atoms with Gasteiger partial charge >= 0.3 is 0 Å². The number of halogens is 2. The largest absolute Gasteiger partial charge is 0.269 e. The molecule has 0 aromatic heterocycles. The Balaban J connectivity index is 0.000000640. The van der Waals surface area contributed by atoms with Crippen LogP contribution in [0.2, 0.25) is 0 Å². The number of hydrogen-bond acceptors (Lipinski definition) is 0. The smallest absolute Gasteiger partial charge is 0.0247 e. The third kappa shape index (κ3) is 2.79. The third-order valence-electron chi connectivity index (χ3n) is 0.997. The molecule has 0 aliphatic carbocycles. The molecule has 0 bridgehead atoms. The minimum Gasteiger partial charge on any atom is -0.269 e. The van der Waals surface area contributed by atoms with Gasteiger partial charge in [0.25, 0.3) is 0 Å². The lowest BCUT2D eigenvalue weighted by molar-refractivity contribution is 1.11. The van der Waals surface area contributed by atoms with E-state index >= 15 is 0 Å². The van der Waals surface area contributed by atoms with Crippen LogP contribution in [-0.2, 0) is 4.43 Å². The molecule has 0 heterocycles. The van der Waals surface area contributed by atoms with E-state index in [2.05, 4.69) is 46.9 Å². The summed E-state index contributed by atoms with van der Waals surface area (Å²) >= 11 is 2.35. The van der Waals surface area contributed by atoms with Crippen molar-refractivity contribution in [1.29, 1.82) is 0 Å². The van der Waals surface area contributed by atoms with Crippen molar-refractivity contribution >= 4 is 22.6 Å². The molecular weight excluding hydrogens is 230 g/mol. The van der Waals surface area contributed by atoms with Crippen molar-refractivity contribution in [3.8, 4) is 0 Å². The molecule has 0 N–H and O–H groups in total. The fraction of sp³-hybridized carbons (Fsp3) is 0.143. The minimum absolute atomic E-state index is 0. The van der Waals surface area contributed by atoms with Gasteiger partial charge in [-0.25, -0.2) is 0 Å². The van der Waals surface area contributed by atoms with Crippen molar-refractivity contribution in [1.82, 2.24) is 0 Å². The molecule has 0 saturated carbocycles. The lowest BCUT2D eigenvalue weighted by Gasteiger charge is -1.88. The highest BCUT2D eigenvalue weighted by molar-refractivity contribution is 14.1. The van der Waals surface area contributed by atoms with E-state index in [0.717, 1.165) is 4.43 Å². The number of rotatable bonds is 1. The van der Waals surface area contributed by atoms with Gasteiger partial charge in [-0.3, -0.25) is 4.70 Å². The van der Waals surface area contributed by atoms with Gasteiger partial charge in [-0.05, 0) is 5.56 Å². The fourth-order valence-electron chi connectivity index (χ4n) is 0.567. The molecule has 1 aromatic rings. The molecular formula is C7H8FI. The van der Waals surface area contributed by atoms with E-state index in [1.807, 2.05) is 6.07 Å². The Morgan fingerprint density at radius 2 is 1.67 bits per heavy atom. The van der Waals surface area contributed by atoms with Crippen LogP contribution in [0.25, 0.3) is 0 Å². The first-order valence-electron chi connectivity index (χ1n) is 2.53. The first-order chi connectivity index (χ1) is 3.93. The van der Waals surface area contributed by atoms with Crippen LogP contribution in [0, 0.1) is 0 Å². The lowest BCUT2D eigenvalue weighted by Crippen LogP contribution is -1.70. The molecule has 2 heteroatoms. The van der Waals surface area contributed by atoms with Gasteiger partial charge in [0.15, 0.2) is 0 Å². The SMILES string of the molecule is F.ICc1ccccc1. The van der Waals surface area contributed by atoms with Crippen molar-refractivity contribution in [3.05, 3.63) is 35.9 Å². The quantitative estimate of drug-likeness (QED) is 0.521. The van der Waals surface area contributed by atoms with E-state index in [9.17, 15) is 0 Å². The zero-order valence-electron chi connectivity index (χ0n) is 4.88. The van der Waals surface area contributed by atoms with Crippen LogP contribution in [-0.4, -0.2) is 0 Å². The van der Waals surface area contributed by atoms with Gasteiger partial charge in [-0.15, -0.1) is 0 Å². The van der Waals surface area contributed by atoms with Crippen molar-refractivity contribution in [2.75, 3.05) is 0 Å². The maximum Gasteiger partial charge on any atom is 0.0247 e. The van der Waals surface area contributed by atoms with Crippen LogP contribution < -0.4 is 0 Å². The van der Waals surface area contributed by atoms with Crippen LogP contribution in [0.3, 0.4) is 0 Å². The number of benzene rings is 1. The summed E-state index contributed by atoms with van der Waals surface area (Å²) in [5.41, 5.74) is 1.40. The second-order valence-electron chi connectivity index (χ2n) is 1.62. The lowest BCUT2D eigenvalue weighted by atomic mass is 10.2. The predicted octanol–water partition coefficient (Wildman–Crippen LogP) is 2.77. The van der Waals surface area contributed by atoms with E-state index in [4.69, 9.17) is 0 Å². The van der Waals surface area contributed by atoms with Gasteiger partial charge in [0.05, 0.1) is 0 Å². The van der Waals surface area contributed by atoms with E-state index in [1.54, 1.807) is 0 Å². The topological polar surface area (TPSA) is 0 Å². The van der Waals surface area contributed by atoms with Crippen LogP contribution in [0.15, 0.2) is 30.3 Å². The highest BCUT2D eigenvalue weighted by atomic mass is 127. The zero-order chi connectivity index (χ0) is 5.82. The summed E-state index contributed by atoms with van der Waals surface area (Å²) in [5, 5.41) is 0. The van der Waals surface area contributed by atoms with Crippen LogP contribution in [0.1, 0.15) is 5.56 Å². The molecule has 1 rings (SSSR count). The maximum atomic E-state index is 2.35. The normalized spacial score (nSPS) is 8.11. The average Bonchev–Trinajstić information content (AvgIpc) is 1.90. The molecule has 0 aliphatic rings. The number of alkyl halides is 1. The van der Waals surface area contributed by atoms with Crippen molar-refractivity contribution < 1.29 is 4.70 Å². The summed E-state index contributed by atoms with van der Waals surface area (Å²) < 4.78 is 1.11. The maximum absolute atomic E-state index is 2.35. The van der Waals surface area contributed by atoms with Crippen LogP contribution in [0.5, 0.6) is 0 Å². The van der Waals surface area contributed by atoms with Gasteiger partial charge in [0, 0.05) is 4.43 Å². The summed E-state index contributed by atoms with van der Waals surface area (Å²) in [6.45, 7) is 0. The summed E-state index contributed by atoms with van der Waals surface area (Å²) in [6, 6.07) is 10.4.